The first-order valence-corrected chi connectivity index (χ1v) is 7.14. The largest absolute Gasteiger partial charge is 0.383 e. The number of aromatic nitrogens is 2. The molecular weight excluding hydrogens is 302 g/mol. The van der Waals surface area contributed by atoms with Crippen molar-refractivity contribution in [3.8, 4) is 0 Å². The molecule has 4 heteroatoms. The molecule has 2 N–H and O–H groups in total. The van der Waals surface area contributed by atoms with Gasteiger partial charge in [0.05, 0.1) is 10.2 Å². The maximum Gasteiger partial charge on any atom is 0.141 e. The molecule has 0 bridgehead atoms. The van der Waals surface area contributed by atoms with E-state index in [9.17, 15) is 0 Å². The highest BCUT2D eigenvalue weighted by Gasteiger charge is 2.13. The number of aryl methyl sites for hydroxylation is 1. The van der Waals surface area contributed by atoms with Gasteiger partial charge in [0, 0.05) is 6.42 Å². The minimum absolute atomic E-state index is 0.316. The molecule has 0 aliphatic heterocycles. The normalized spacial score (nSPS) is 11.0. The predicted molar refractivity (Wildman–Crippen MR) is 82.2 cm³/mol. The quantitative estimate of drug-likeness (QED) is 0.935. The third-order valence-electron chi connectivity index (χ3n) is 2.94. The Bertz CT molecular complexity index is 594. The van der Waals surface area contributed by atoms with Crippen molar-refractivity contribution < 1.29 is 0 Å². The Morgan fingerprint density at radius 1 is 1.26 bits per heavy atom. The van der Waals surface area contributed by atoms with Crippen LogP contribution in [0.25, 0.3) is 0 Å². The van der Waals surface area contributed by atoms with Crippen molar-refractivity contribution in [1.82, 2.24) is 9.97 Å². The zero-order valence-corrected chi connectivity index (χ0v) is 13.0. The number of hydrogen-bond donors (Lipinski definition) is 1. The van der Waals surface area contributed by atoms with Crippen LogP contribution in [0.5, 0.6) is 0 Å². The van der Waals surface area contributed by atoms with Gasteiger partial charge in [-0.3, -0.25) is 0 Å². The molecule has 2 aromatic rings. The van der Waals surface area contributed by atoms with Crippen LogP contribution in [0.15, 0.2) is 28.7 Å². The lowest BCUT2D eigenvalue weighted by Gasteiger charge is -2.11. The summed E-state index contributed by atoms with van der Waals surface area (Å²) in [6, 6.07) is 8.37. The fourth-order valence-corrected chi connectivity index (χ4v) is 2.63. The number of hydrogen-bond acceptors (Lipinski definition) is 3. The third-order valence-corrected chi connectivity index (χ3v) is 3.75. The fraction of sp³-hybridized carbons (Fsp3) is 0.333. The van der Waals surface area contributed by atoms with Crippen LogP contribution in [0.2, 0.25) is 0 Å². The molecule has 0 unspecified atom stereocenters. The van der Waals surface area contributed by atoms with Crippen LogP contribution in [-0.4, -0.2) is 9.97 Å². The van der Waals surface area contributed by atoms with Crippen molar-refractivity contribution in [2.45, 2.75) is 33.1 Å². The van der Waals surface area contributed by atoms with Crippen LogP contribution in [0, 0.1) is 6.92 Å². The van der Waals surface area contributed by atoms with E-state index in [1.807, 2.05) is 0 Å². The summed E-state index contributed by atoms with van der Waals surface area (Å²) in [7, 11) is 0. The van der Waals surface area contributed by atoms with Gasteiger partial charge in [-0.25, -0.2) is 9.97 Å². The maximum absolute atomic E-state index is 5.94. The van der Waals surface area contributed by atoms with Crippen molar-refractivity contribution >= 4 is 21.7 Å². The van der Waals surface area contributed by atoms with Crippen molar-refractivity contribution in [2.24, 2.45) is 0 Å². The smallest absolute Gasteiger partial charge is 0.141 e. The van der Waals surface area contributed by atoms with Crippen LogP contribution < -0.4 is 5.73 Å². The second-order valence-electron chi connectivity index (χ2n) is 5.04. The van der Waals surface area contributed by atoms with Crippen LogP contribution >= 0.6 is 15.9 Å². The van der Waals surface area contributed by atoms with E-state index < -0.39 is 0 Å². The molecule has 0 radical (unpaired) electrons. The van der Waals surface area contributed by atoms with Crippen LogP contribution in [0.1, 0.15) is 42.4 Å². The van der Waals surface area contributed by atoms with E-state index in [0.29, 0.717) is 18.2 Å². The molecular formula is C15H18BrN3. The second-order valence-corrected chi connectivity index (χ2v) is 5.84. The summed E-state index contributed by atoms with van der Waals surface area (Å²) >= 11 is 3.46. The highest BCUT2D eigenvalue weighted by molar-refractivity contribution is 9.10. The molecule has 1 aromatic heterocycles. The molecule has 0 fully saturated rings. The van der Waals surface area contributed by atoms with Gasteiger partial charge in [0.2, 0.25) is 0 Å². The van der Waals surface area contributed by atoms with Crippen molar-refractivity contribution in [1.29, 1.82) is 0 Å². The molecule has 1 heterocycles. The molecule has 1 aromatic carbocycles. The van der Waals surface area contributed by atoms with E-state index in [4.69, 9.17) is 5.73 Å². The average Bonchev–Trinajstić information content (AvgIpc) is 2.33. The number of rotatable bonds is 3. The fourth-order valence-electron chi connectivity index (χ4n) is 2.00. The summed E-state index contributed by atoms with van der Waals surface area (Å²) in [4.78, 5) is 8.98. The molecule has 0 atom stereocenters. The van der Waals surface area contributed by atoms with Crippen molar-refractivity contribution in [3.05, 3.63) is 51.4 Å². The van der Waals surface area contributed by atoms with E-state index in [0.717, 1.165) is 16.0 Å². The minimum Gasteiger partial charge on any atom is -0.383 e. The average molecular weight is 320 g/mol. The SMILES string of the molecule is Cc1cccc(Cc2nc(N)c(Br)c(C(C)C)n2)c1. The standard InChI is InChI=1S/C15H18BrN3/c1-9(2)14-13(16)15(17)19-12(18-14)8-11-6-4-5-10(3)7-11/h4-7,9H,8H2,1-3H3,(H2,17,18,19). The number of nitrogens with zero attached hydrogens (tertiary/aromatic N) is 2. The number of anilines is 1. The van der Waals surface area contributed by atoms with Crippen molar-refractivity contribution in [2.75, 3.05) is 5.73 Å². The zero-order chi connectivity index (χ0) is 14.0. The van der Waals surface area contributed by atoms with Crippen LogP contribution in [0.3, 0.4) is 0 Å². The topological polar surface area (TPSA) is 51.8 Å². The molecule has 3 nitrogen and oxygen atoms in total. The first kappa shape index (κ1) is 14.0. The van der Waals surface area contributed by atoms with Crippen LogP contribution in [0.4, 0.5) is 5.82 Å². The number of benzene rings is 1. The first-order valence-electron chi connectivity index (χ1n) is 6.34. The summed E-state index contributed by atoms with van der Waals surface area (Å²) in [5.41, 5.74) is 9.36. The second kappa shape index (κ2) is 5.70. The molecule has 0 saturated carbocycles. The van der Waals surface area contributed by atoms with Gasteiger partial charge in [0.1, 0.15) is 11.6 Å². The van der Waals surface area contributed by atoms with Gasteiger partial charge in [0.25, 0.3) is 0 Å². The van der Waals surface area contributed by atoms with Gasteiger partial charge in [-0.2, -0.15) is 0 Å². The Hall–Kier alpha value is -1.42. The molecule has 0 aliphatic rings. The molecule has 0 spiro atoms. The third kappa shape index (κ3) is 3.32. The minimum atomic E-state index is 0.316. The molecule has 0 saturated heterocycles. The van der Waals surface area contributed by atoms with Gasteiger partial charge in [-0.05, 0) is 34.3 Å². The summed E-state index contributed by atoms with van der Waals surface area (Å²) in [6.07, 6.45) is 0.707. The molecule has 0 aliphatic carbocycles. The van der Waals surface area contributed by atoms with Gasteiger partial charge in [-0.1, -0.05) is 43.7 Å². The number of nitrogens with two attached hydrogens (primary N) is 1. The monoisotopic (exact) mass is 319 g/mol. The van der Waals surface area contributed by atoms with E-state index >= 15 is 0 Å². The zero-order valence-electron chi connectivity index (χ0n) is 11.4. The summed E-state index contributed by atoms with van der Waals surface area (Å²) in [6.45, 7) is 6.28. The molecule has 0 amide bonds. The molecule has 100 valence electrons. The van der Waals surface area contributed by atoms with E-state index in [2.05, 4.69) is 70.9 Å². The van der Waals surface area contributed by atoms with Crippen molar-refractivity contribution in [3.63, 3.8) is 0 Å². The Labute approximate surface area is 122 Å². The summed E-state index contributed by atoms with van der Waals surface area (Å²) in [5.74, 6) is 1.60. The molecule has 19 heavy (non-hydrogen) atoms. The molecule has 2 rings (SSSR count). The van der Waals surface area contributed by atoms with Gasteiger partial charge in [-0.15, -0.1) is 0 Å². The van der Waals surface area contributed by atoms with Crippen LogP contribution in [-0.2, 0) is 6.42 Å². The van der Waals surface area contributed by atoms with Gasteiger partial charge >= 0.3 is 0 Å². The summed E-state index contributed by atoms with van der Waals surface area (Å²) in [5, 5.41) is 0. The van der Waals surface area contributed by atoms with E-state index in [1.165, 1.54) is 11.1 Å². The maximum atomic E-state index is 5.94. The van der Waals surface area contributed by atoms with Gasteiger partial charge < -0.3 is 5.73 Å². The lowest BCUT2D eigenvalue weighted by Crippen LogP contribution is -2.07. The number of nitrogen functional groups attached to an aromatic ring is 1. The highest BCUT2D eigenvalue weighted by atomic mass is 79.9. The highest BCUT2D eigenvalue weighted by Crippen LogP contribution is 2.27. The Balaban J connectivity index is 2.36. The number of halogens is 1. The Morgan fingerprint density at radius 3 is 2.63 bits per heavy atom. The predicted octanol–water partition coefficient (Wildman–Crippen LogP) is 3.84. The first-order chi connectivity index (χ1) is 8.97. The Morgan fingerprint density at radius 2 is 2.00 bits per heavy atom. The lowest BCUT2D eigenvalue weighted by molar-refractivity contribution is 0.786. The van der Waals surface area contributed by atoms with E-state index in [1.54, 1.807) is 0 Å². The lowest BCUT2D eigenvalue weighted by atomic mass is 10.1. The summed E-state index contributed by atoms with van der Waals surface area (Å²) < 4.78 is 0.815. The Kier molecular flexibility index (Phi) is 4.20. The van der Waals surface area contributed by atoms with E-state index in [-0.39, 0.29) is 0 Å². The van der Waals surface area contributed by atoms with Gasteiger partial charge in [0.15, 0.2) is 0 Å².